The molecule has 16 heavy (non-hydrogen) atoms. The fraction of sp³-hybridized carbons (Fsp3) is 0.636. The van der Waals surface area contributed by atoms with Gasteiger partial charge in [-0.3, -0.25) is 4.79 Å². The van der Waals surface area contributed by atoms with E-state index in [1.165, 1.54) is 0 Å². The smallest absolute Gasteiger partial charge is 0.326 e. The third-order valence-corrected chi connectivity index (χ3v) is 2.00. The van der Waals surface area contributed by atoms with Crippen LogP contribution < -0.4 is 11.1 Å². The van der Waals surface area contributed by atoms with E-state index in [0.29, 0.717) is 6.42 Å². The molecule has 1 unspecified atom stereocenters. The van der Waals surface area contributed by atoms with Gasteiger partial charge in [0.1, 0.15) is 6.04 Å². The van der Waals surface area contributed by atoms with Crippen LogP contribution in [-0.2, 0) is 9.59 Å². The summed E-state index contributed by atoms with van der Waals surface area (Å²) in [6, 6.07) is -1.75. The number of carbonyl (C=O) groups excluding carboxylic acids is 1. The van der Waals surface area contributed by atoms with E-state index in [9.17, 15) is 9.59 Å². The highest BCUT2D eigenvalue weighted by molar-refractivity contribution is 5.86. The molecule has 0 aromatic carbocycles. The van der Waals surface area contributed by atoms with Gasteiger partial charge in [-0.15, -0.1) is 12.3 Å². The number of hydrogen-bond donors (Lipinski definition) is 3. The van der Waals surface area contributed by atoms with Crippen molar-refractivity contribution in [3.8, 4) is 12.3 Å². The summed E-state index contributed by atoms with van der Waals surface area (Å²) in [5, 5.41) is 11.3. The van der Waals surface area contributed by atoms with Gasteiger partial charge >= 0.3 is 5.97 Å². The molecule has 0 aromatic heterocycles. The first-order valence-corrected chi connectivity index (χ1v) is 5.10. The number of rotatable bonds is 6. The Kier molecular flexibility index (Phi) is 6.19. The summed E-state index contributed by atoms with van der Waals surface area (Å²) in [5.74, 6) is 0.847. The molecule has 0 fully saturated rings. The van der Waals surface area contributed by atoms with Gasteiger partial charge in [0.05, 0.1) is 6.04 Å². The average molecular weight is 226 g/mol. The second-order valence-electron chi connectivity index (χ2n) is 4.04. The van der Waals surface area contributed by atoms with Crippen LogP contribution in [0.3, 0.4) is 0 Å². The molecule has 5 heteroatoms. The average Bonchev–Trinajstić information content (AvgIpc) is 2.16. The Hall–Kier alpha value is -1.54. The lowest BCUT2D eigenvalue weighted by Crippen LogP contribution is -2.48. The monoisotopic (exact) mass is 226 g/mol. The van der Waals surface area contributed by atoms with Crippen molar-refractivity contribution in [1.82, 2.24) is 5.32 Å². The van der Waals surface area contributed by atoms with Crippen molar-refractivity contribution >= 4 is 11.9 Å². The Morgan fingerprint density at radius 3 is 2.44 bits per heavy atom. The molecule has 4 N–H and O–H groups in total. The first-order valence-electron chi connectivity index (χ1n) is 5.10. The molecule has 5 nitrogen and oxygen atoms in total. The van der Waals surface area contributed by atoms with Gasteiger partial charge < -0.3 is 16.2 Å². The Balaban J connectivity index is 4.35. The second kappa shape index (κ2) is 6.85. The molecule has 0 aliphatic rings. The van der Waals surface area contributed by atoms with E-state index in [4.69, 9.17) is 17.3 Å². The first kappa shape index (κ1) is 14.5. The van der Waals surface area contributed by atoms with Gasteiger partial charge in [0.15, 0.2) is 0 Å². The van der Waals surface area contributed by atoms with Gasteiger partial charge in [-0.25, -0.2) is 4.79 Å². The van der Waals surface area contributed by atoms with E-state index in [-0.39, 0.29) is 12.3 Å². The Labute approximate surface area is 95.4 Å². The molecular weight excluding hydrogens is 208 g/mol. The molecule has 90 valence electrons. The number of carbonyl (C=O) groups is 2. The van der Waals surface area contributed by atoms with Crippen molar-refractivity contribution in [2.45, 2.75) is 38.8 Å². The van der Waals surface area contributed by atoms with Gasteiger partial charge in [-0.1, -0.05) is 13.8 Å². The molecule has 0 bridgehead atoms. The maximum atomic E-state index is 11.4. The largest absolute Gasteiger partial charge is 0.480 e. The quantitative estimate of drug-likeness (QED) is 0.554. The standard InChI is InChI=1S/C11H18N2O3/c1-4-5-8(12)10(14)13-9(11(15)16)6-7(2)3/h1,7-9H,5-6,12H2,2-3H3,(H,13,14)(H,15,16)/t8?,9-/m0/s1. The van der Waals surface area contributed by atoms with Crippen LogP contribution in [0.1, 0.15) is 26.7 Å². The summed E-state index contributed by atoms with van der Waals surface area (Å²) in [6.45, 7) is 3.76. The summed E-state index contributed by atoms with van der Waals surface area (Å²) in [7, 11) is 0. The number of carboxylic acids is 1. The molecule has 2 atom stereocenters. The van der Waals surface area contributed by atoms with Crippen molar-refractivity contribution in [2.75, 3.05) is 0 Å². The fourth-order valence-electron chi connectivity index (χ4n) is 1.19. The third kappa shape index (κ3) is 5.37. The zero-order chi connectivity index (χ0) is 12.7. The molecule has 0 saturated carbocycles. The van der Waals surface area contributed by atoms with Gasteiger partial charge in [0, 0.05) is 6.42 Å². The van der Waals surface area contributed by atoms with E-state index in [1.807, 2.05) is 13.8 Å². The summed E-state index contributed by atoms with van der Waals surface area (Å²) < 4.78 is 0. The molecule has 0 aromatic rings. The fourth-order valence-corrected chi connectivity index (χ4v) is 1.19. The summed E-state index contributed by atoms with van der Waals surface area (Å²) in [4.78, 5) is 22.3. The predicted octanol–water partition coefficient (Wildman–Crippen LogP) is -0.0475. The number of terminal acetylenes is 1. The topological polar surface area (TPSA) is 92.4 Å². The van der Waals surface area contributed by atoms with Crippen LogP contribution in [0.15, 0.2) is 0 Å². The van der Waals surface area contributed by atoms with Crippen molar-refractivity contribution < 1.29 is 14.7 Å². The minimum atomic E-state index is -1.06. The SMILES string of the molecule is C#CCC(N)C(=O)N[C@@H](CC(C)C)C(=O)O. The third-order valence-electron chi connectivity index (χ3n) is 2.00. The van der Waals surface area contributed by atoms with Gasteiger partial charge in [-0.2, -0.15) is 0 Å². The lowest BCUT2D eigenvalue weighted by Gasteiger charge is -2.18. The van der Waals surface area contributed by atoms with Crippen molar-refractivity contribution in [2.24, 2.45) is 11.7 Å². The number of nitrogens with two attached hydrogens (primary N) is 1. The number of hydrogen-bond acceptors (Lipinski definition) is 3. The molecular formula is C11H18N2O3. The van der Waals surface area contributed by atoms with Crippen LogP contribution >= 0.6 is 0 Å². The number of amides is 1. The molecule has 0 rings (SSSR count). The van der Waals surface area contributed by atoms with Crippen LogP contribution in [0.2, 0.25) is 0 Å². The minimum absolute atomic E-state index is 0.0971. The molecule has 0 aliphatic carbocycles. The van der Waals surface area contributed by atoms with Crippen molar-refractivity contribution in [1.29, 1.82) is 0 Å². The highest BCUT2D eigenvalue weighted by atomic mass is 16.4. The lowest BCUT2D eigenvalue weighted by molar-refractivity contribution is -0.142. The highest BCUT2D eigenvalue weighted by Crippen LogP contribution is 2.05. The van der Waals surface area contributed by atoms with Crippen molar-refractivity contribution in [3.63, 3.8) is 0 Å². The van der Waals surface area contributed by atoms with Gasteiger partial charge in [-0.05, 0) is 12.3 Å². The normalized spacial score (nSPS) is 13.9. The van der Waals surface area contributed by atoms with E-state index >= 15 is 0 Å². The van der Waals surface area contributed by atoms with Gasteiger partial charge in [0.2, 0.25) is 5.91 Å². The van der Waals surface area contributed by atoms with E-state index in [2.05, 4.69) is 11.2 Å². The first-order chi connectivity index (χ1) is 7.38. The molecule has 0 aliphatic heterocycles. The Morgan fingerprint density at radius 2 is 2.06 bits per heavy atom. The minimum Gasteiger partial charge on any atom is -0.480 e. The predicted molar refractivity (Wildman–Crippen MR) is 60.4 cm³/mol. The Bertz CT molecular complexity index is 294. The summed E-state index contributed by atoms with van der Waals surface area (Å²) in [6.07, 6.45) is 5.47. The maximum absolute atomic E-state index is 11.4. The maximum Gasteiger partial charge on any atom is 0.326 e. The van der Waals surface area contributed by atoms with E-state index in [0.717, 1.165) is 0 Å². The van der Waals surface area contributed by atoms with Gasteiger partial charge in [0.25, 0.3) is 0 Å². The van der Waals surface area contributed by atoms with Crippen LogP contribution in [0.25, 0.3) is 0 Å². The van der Waals surface area contributed by atoms with E-state index in [1.54, 1.807) is 0 Å². The zero-order valence-electron chi connectivity index (χ0n) is 9.56. The molecule has 0 saturated heterocycles. The number of carboxylic acid groups (broad SMARTS) is 1. The van der Waals surface area contributed by atoms with E-state index < -0.39 is 24.0 Å². The van der Waals surface area contributed by atoms with Crippen molar-refractivity contribution in [3.05, 3.63) is 0 Å². The zero-order valence-corrected chi connectivity index (χ0v) is 9.56. The van der Waals surface area contributed by atoms with Crippen LogP contribution in [0, 0.1) is 18.3 Å². The van der Waals surface area contributed by atoms with Crippen LogP contribution in [0.5, 0.6) is 0 Å². The summed E-state index contributed by atoms with van der Waals surface area (Å²) >= 11 is 0. The molecule has 0 spiro atoms. The second-order valence-corrected chi connectivity index (χ2v) is 4.04. The van der Waals surface area contributed by atoms with Crippen LogP contribution in [0.4, 0.5) is 0 Å². The lowest BCUT2D eigenvalue weighted by atomic mass is 10.0. The van der Waals surface area contributed by atoms with Crippen LogP contribution in [-0.4, -0.2) is 29.1 Å². The summed E-state index contributed by atoms with van der Waals surface area (Å²) in [5.41, 5.74) is 5.46. The molecule has 1 amide bonds. The highest BCUT2D eigenvalue weighted by Gasteiger charge is 2.23. The Morgan fingerprint density at radius 1 is 1.50 bits per heavy atom. The number of aliphatic carboxylic acids is 1. The molecule has 0 radical (unpaired) electrons. The molecule has 0 heterocycles. The number of nitrogens with one attached hydrogen (secondary N) is 1.